The van der Waals surface area contributed by atoms with Gasteiger partial charge in [-0.05, 0) is 126 Å². The van der Waals surface area contributed by atoms with Crippen LogP contribution in [0.15, 0.2) is 237 Å². The van der Waals surface area contributed by atoms with Crippen molar-refractivity contribution in [3.05, 3.63) is 281 Å². The SMILES string of the molecule is c1ccc(C2(c3ccc(N(c4ccc5c(c4)C4(c6ccccc6-c6ccccc64)c4ccccc4-5)c4ccc5sc6ccccc6c5c4)cc3)c3ccccc3-c3ccccc32)cc1. The summed E-state index contributed by atoms with van der Waals surface area (Å²) in [5.41, 5.74) is 20.8. The summed E-state index contributed by atoms with van der Waals surface area (Å²) in [7, 11) is 0. The van der Waals surface area contributed by atoms with Gasteiger partial charge in [-0.2, -0.15) is 0 Å². The minimum absolute atomic E-state index is 0.441. The van der Waals surface area contributed by atoms with Gasteiger partial charge in [0, 0.05) is 37.2 Å². The molecule has 0 fully saturated rings. The summed E-state index contributed by atoms with van der Waals surface area (Å²) in [4.78, 5) is 2.49. The molecule has 3 aliphatic rings. The van der Waals surface area contributed by atoms with Crippen LogP contribution in [0.1, 0.15) is 44.5 Å². The van der Waals surface area contributed by atoms with Crippen LogP contribution < -0.4 is 4.90 Å². The van der Waals surface area contributed by atoms with Crippen LogP contribution in [0.5, 0.6) is 0 Å². The average Bonchev–Trinajstić information content (AvgIpc) is 4.07. The van der Waals surface area contributed by atoms with Crippen molar-refractivity contribution in [2.24, 2.45) is 0 Å². The predicted octanol–water partition coefficient (Wildman–Crippen LogP) is 16.2. The maximum Gasteiger partial charge on any atom is 0.0726 e. The lowest BCUT2D eigenvalue weighted by atomic mass is 9.67. The van der Waals surface area contributed by atoms with Crippen molar-refractivity contribution < 1.29 is 0 Å². The molecule has 11 aromatic rings. The fourth-order valence-electron chi connectivity index (χ4n) is 12.1. The largest absolute Gasteiger partial charge is 0.310 e. The van der Waals surface area contributed by atoms with E-state index in [4.69, 9.17) is 0 Å². The normalized spacial score (nSPS) is 14.2. The van der Waals surface area contributed by atoms with Gasteiger partial charge in [-0.1, -0.05) is 188 Å². The second kappa shape index (κ2) is 13.4. The first-order valence-electron chi connectivity index (χ1n) is 22.3. The van der Waals surface area contributed by atoms with Gasteiger partial charge >= 0.3 is 0 Å². The van der Waals surface area contributed by atoms with Crippen molar-refractivity contribution in [2.75, 3.05) is 4.90 Å². The lowest BCUT2D eigenvalue weighted by Gasteiger charge is -2.35. The van der Waals surface area contributed by atoms with Crippen LogP contribution in [0.3, 0.4) is 0 Å². The summed E-state index contributed by atoms with van der Waals surface area (Å²) >= 11 is 1.87. The fourth-order valence-corrected chi connectivity index (χ4v) is 13.2. The van der Waals surface area contributed by atoms with Crippen molar-refractivity contribution in [1.82, 2.24) is 0 Å². The van der Waals surface area contributed by atoms with Gasteiger partial charge in [0.05, 0.1) is 10.8 Å². The molecule has 0 saturated heterocycles. The molecule has 0 saturated carbocycles. The Kier molecular flexibility index (Phi) is 7.47. The third kappa shape index (κ3) is 4.63. The molecule has 1 spiro atoms. The zero-order valence-electron chi connectivity index (χ0n) is 34.9. The van der Waals surface area contributed by atoms with Crippen LogP contribution in [0.4, 0.5) is 17.1 Å². The maximum atomic E-state index is 2.51. The minimum Gasteiger partial charge on any atom is -0.310 e. The van der Waals surface area contributed by atoms with Crippen molar-refractivity contribution in [1.29, 1.82) is 0 Å². The van der Waals surface area contributed by atoms with Crippen LogP contribution in [-0.4, -0.2) is 0 Å². The zero-order valence-corrected chi connectivity index (χ0v) is 35.7. The minimum atomic E-state index is -0.471. The summed E-state index contributed by atoms with van der Waals surface area (Å²) in [6.45, 7) is 0. The Balaban J connectivity index is 1.01. The molecular weight excluding hydrogens is 791 g/mol. The van der Waals surface area contributed by atoms with Crippen LogP contribution in [-0.2, 0) is 10.8 Å². The number of rotatable bonds is 5. The Morgan fingerprint density at radius 3 is 1.25 bits per heavy atom. The van der Waals surface area contributed by atoms with Crippen LogP contribution in [0, 0.1) is 0 Å². The molecular formula is C62H39NS. The van der Waals surface area contributed by atoms with Gasteiger partial charge < -0.3 is 4.90 Å². The second-order valence-corrected chi connectivity index (χ2v) is 18.6. The summed E-state index contributed by atoms with van der Waals surface area (Å²) in [5.74, 6) is 0. The van der Waals surface area contributed by atoms with Gasteiger partial charge in [-0.15, -0.1) is 11.3 Å². The van der Waals surface area contributed by atoms with Gasteiger partial charge in [0.2, 0.25) is 0 Å². The van der Waals surface area contributed by atoms with E-state index in [1.807, 2.05) is 11.3 Å². The molecule has 0 unspecified atom stereocenters. The standard InChI is InChI=1S/C62H39NS/c1-2-16-40(17-3-1)61(53-24-10-4-18-45(53)46-19-5-11-25-54(46)61)41-30-32-42(33-31-41)63(43-35-37-60-52(38-43)51-23-9-15-29-59(51)64-60)44-34-36-50-49-22-8-14-28-57(49)62(58(50)39-44)55-26-12-6-20-47(55)48-21-7-13-27-56(48)62/h1-39H. The highest BCUT2D eigenvalue weighted by Crippen LogP contribution is 2.63. The quantitative estimate of drug-likeness (QED) is 0.167. The lowest BCUT2D eigenvalue weighted by molar-refractivity contribution is 0.768. The highest BCUT2D eigenvalue weighted by molar-refractivity contribution is 7.25. The van der Waals surface area contributed by atoms with Crippen LogP contribution in [0.25, 0.3) is 53.6 Å². The molecule has 298 valence electrons. The molecule has 3 aliphatic carbocycles. The van der Waals surface area contributed by atoms with E-state index >= 15 is 0 Å². The van der Waals surface area contributed by atoms with Gasteiger partial charge in [-0.3, -0.25) is 0 Å². The molecule has 0 N–H and O–H groups in total. The van der Waals surface area contributed by atoms with Crippen molar-refractivity contribution in [3.8, 4) is 33.4 Å². The van der Waals surface area contributed by atoms with Gasteiger partial charge in [0.1, 0.15) is 0 Å². The van der Waals surface area contributed by atoms with E-state index in [1.165, 1.54) is 98.1 Å². The number of benzene rings is 10. The Morgan fingerprint density at radius 2 is 0.672 bits per heavy atom. The van der Waals surface area contributed by atoms with E-state index in [2.05, 4.69) is 241 Å². The highest BCUT2D eigenvalue weighted by Gasteiger charge is 2.52. The average molecular weight is 830 g/mol. The molecule has 64 heavy (non-hydrogen) atoms. The van der Waals surface area contributed by atoms with E-state index in [9.17, 15) is 0 Å². The molecule has 14 rings (SSSR count). The molecule has 0 atom stereocenters. The van der Waals surface area contributed by atoms with Crippen molar-refractivity contribution in [3.63, 3.8) is 0 Å². The number of fused-ring (bicyclic) bond motifs is 16. The van der Waals surface area contributed by atoms with E-state index < -0.39 is 10.8 Å². The van der Waals surface area contributed by atoms with E-state index in [1.54, 1.807) is 0 Å². The number of nitrogens with zero attached hydrogens (tertiary/aromatic N) is 1. The van der Waals surface area contributed by atoms with Gasteiger partial charge in [0.25, 0.3) is 0 Å². The first-order valence-corrected chi connectivity index (χ1v) is 23.1. The van der Waals surface area contributed by atoms with E-state index in [0.717, 1.165) is 17.1 Å². The maximum absolute atomic E-state index is 2.51. The molecule has 0 aliphatic heterocycles. The van der Waals surface area contributed by atoms with Gasteiger partial charge in [-0.25, -0.2) is 0 Å². The summed E-state index contributed by atoms with van der Waals surface area (Å²) in [5, 5.41) is 2.58. The number of anilines is 3. The molecule has 0 radical (unpaired) electrons. The van der Waals surface area contributed by atoms with Crippen LogP contribution >= 0.6 is 11.3 Å². The monoisotopic (exact) mass is 829 g/mol. The third-order valence-electron chi connectivity index (χ3n) is 14.6. The number of hydrogen-bond donors (Lipinski definition) is 0. The van der Waals surface area contributed by atoms with Crippen LogP contribution in [0.2, 0.25) is 0 Å². The molecule has 10 aromatic carbocycles. The Labute approximate surface area is 376 Å². The molecule has 1 aromatic heterocycles. The zero-order chi connectivity index (χ0) is 42.0. The number of thiophene rings is 1. The first kappa shape index (κ1) is 35.8. The smallest absolute Gasteiger partial charge is 0.0726 e. The third-order valence-corrected chi connectivity index (χ3v) is 15.7. The van der Waals surface area contributed by atoms with E-state index in [0.29, 0.717) is 0 Å². The molecule has 1 heterocycles. The Morgan fingerprint density at radius 1 is 0.266 bits per heavy atom. The molecule has 0 amide bonds. The highest BCUT2D eigenvalue weighted by atomic mass is 32.1. The van der Waals surface area contributed by atoms with Crippen molar-refractivity contribution >= 4 is 48.6 Å². The Bertz CT molecular complexity index is 3580. The molecule has 2 heteroatoms. The van der Waals surface area contributed by atoms with Crippen molar-refractivity contribution in [2.45, 2.75) is 10.8 Å². The van der Waals surface area contributed by atoms with Gasteiger partial charge in [0.15, 0.2) is 0 Å². The Hall–Kier alpha value is -7.78. The first-order chi connectivity index (χ1) is 31.7. The fraction of sp³-hybridized carbons (Fsp3) is 0.0323. The second-order valence-electron chi connectivity index (χ2n) is 17.5. The number of hydrogen-bond acceptors (Lipinski definition) is 2. The molecule has 0 bridgehead atoms. The molecule has 1 nitrogen and oxygen atoms in total. The lowest BCUT2D eigenvalue weighted by Crippen LogP contribution is -2.28. The van der Waals surface area contributed by atoms with E-state index in [-0.39, 0.29) is 0 Å². The topological polar surface area (TPSA) is 3.24 Å². The predicted molar refractivity (Wildman–Crippen MR) is 268 cm³/mol. The summed E-state index contributed by atoms with van der Waals surface area (Å²) in [6.07, 6.45) is 0. The summed E-state index contributed by atoms with van der Waals surface area (Å²) in [6, 6.07) is 88.9. The summed E-state index contributed by atoms with van der Waals surface area (Å²) < 4.78 is 2.61.